The van der Waals surface area contributed by atoms with Gasteiger partial charge in [0, 0.05) is 23.7 Å². The Balaban J connectivity index is 1.75. The number of carbonyl (C=O) groups excluding carboxylic acids is 2. The molecule has 1 unspecified atom stereocenters. The summed E-state index contributed by atoms with van der Waals surface area (Å²) in [4.78, 5) is 26.5. The summed E-state index contributed by atoms with van der Waals surface area (Å²) in [5.74, 6) is -0.697. The summed E-state index contributed by atoms with van der Waals surface area (Å²) in [5, 5.41) is 2.59. The van der Waals surface area contributed by atoms with Gasteiger partial charge in [0.2, 0.25) is 11.8 Å². The van der Waals surface area contributed by atoms with E-state index >= 15 is 0 Å². The number of anilines is 1. The number of hydrogen-bond acceptors (Lipinski definition) is 5. The molecule has 164 valence electrons. The van der Waals surface area contributed by atoms with Gasteiger partial charge in [-0.05, 0) is 55.3 Å². The van der Waals surface area contributed by atoms with E-state index in [2.05, 4.69) is 9.71 Å². The standard InChI is InChI=1S/C21H22ClN3O4S2/c1-3-14-5-11-17(12-6-14)31(28,29)24-21-25(4-2)20(27)18(30-21)13-19(26)23-16-9-7-15(22)8-10-16/h5-12,18H,3-4,13H2,1-2H3,(H,23,26). The molecular formula is C21H22ClN3O4S2. The molecule has 1 N–H and O–H groups in total. The number of rotatable bonds is 7. The van der Waals surface area contributed by atoms with E-state index in [-0.39, 0.29) is 34.8 Å². The summed E-state index contributed by atoms with van der Waals surface area (Å²) in [6, 6.07) is 13.1. The highest BCUT2D eigenvalue weighted by atomic mass is 35.5. The van der Waals surface area contributed by atoms with Gasteiger partial charge >= 0.3 is 0 Å². The summed E-state index contributed by atoms with van der Waals surface area (Å²) in [6.07, 6.45) is 0.690. The smallest absolute Gasteiger partial charge is 0.284 e. The Morgan fingerprint density at radius 1 is 1.13 bits per heavy atom. The normalized spacial score (nSPS) is 17.9. The highest BCUT2D eigenvalue weighted by Crippen LogP contribution is 2.31. The third-order valence-corrected chi connectivity index (χ3v) is 7.49. The van der Waals surface area contributed by atoms with Crippen LogP contribution in [0.5, 0.6) is 0 Å². The van der Waals surface area contributed by atoms with Gasteiger partial charge in [-0.1, -0.05) is 42.4 Å². The molecule has 2 aromatic rings. The van der Waals surface area contributed by atoms with Gasteiger partial charge in [-0.2, -0.15) is 8.42 Å². The maximum Gasteiger partial charge on any atom is 0.284 e. The minimum absolute atomic E-state index is 0.0604. The number of amidine groups is 1. The van der Waals surface area contributed by atoms with Crippen LogP contribution < -0.4 is 5.32 Å². The van der Waals surface area contributed by atoms with Gasteiger partial charge in [0.05, 0.1) is 4.90 Å². The molecule has 3 rings (SSSR count). The summed E-state index contributed by atoms with van der Waals surface area (Å²) < 4.78 is 29.3. The van der Waals surface area contributed by atoms with Crippen LogP contribution >= 0.6 is 23.4 Å². The van der Waals surface area contributed by atoms with Crippen molar-refractivity contribution in [3.8, 4) is 0 Å². The molecule has 1 heterocycles. The Bertz CT molecular complexity index is 1100. The lowest BCUT2D eigenvalue weighted by Crippen LogP contribution is -2.33. The van der Waals surface area contributed by atoms with Crippen LogP contribution in [0.25, 0.3) is 0 Å². The molecule has 0 spiro atoms. The molecule has 0 aromatic heterocycles. The number of thioether (sulfide) groups is 1. The lowest BCUT2D eigenvalue weighted by Gasteiger charge is -2.13. The summed E-state index contributed by atoms with van der Waals surface area (Å²) in [6.45, 7) is 3.96. The predicted octanol–water partition coefficient (Wildman–Crippen LogP) is 3.94. The van der Waals surface area contributed by atoms with Crippen LogP contribution in [-0.2, 0) is 26.0 Å². The maximum absolute atomic E-state index is 12.7. The number of carbonyl (C=O) groups is 2. The first-order valence-corrected chi connectivity index (χ1v) is 12.4. The van der Waals surface area contributed by atoms with Crippen molar-refractivity contribution in [2.45, 2.75) is 36.8 Å². The van der Waals surface area contributed by atoms with E-state index in [9.17, 15) is 18.0 Å². The van der Waals surface area contributed by atoms with Gasteiger partial charge in [-0.3, -0.25) is 14.5 Å². The Kier molecular flexibility index (Phi) is 7.40. The average molecular weight is 480 g/mol. The highest BCUT2D eigenvalue weighted by Gasteiger charge is 2.39. The number of nitrogens with zero attached hydrogens (tertiary/aromatic N) is 2. The Morgan fingerprint density at radius 2 is 1.77 bits per heavy atom. The molecule has 0 radical (unpaired) electrons. The number of nitrogens with one attached hydrogen (secondary N) is 1. The van der Waals surface area contributed by atoms with Crippen molar-refractivity contribution >= 4 is 56.1 Å². The molecule has 1 saturated heterocycles. The van der Waals surface area contributed by atoms with E-state index in [1.807, 2.05) is 6.92 Å². The van der Waals surface area contributed by atoms with Crippen LogP contribution in [0.3, 0.4) is 0 Å². The zero-order chi connectivity index (χ0) is 22.6. The summed E-state index contributed by atoms with van der Waals surface area (Å²) in [7, 11) is -3.98. The van der Waals surface area contributed by atoms with Crippen LogP contribution in [0.15, 0.2) is 57.8 Å². The first-order valence-electron chi connectivity index (χ1n) is 9.71. The van der Waals surface area contributed by atoms with E-state index in [1.165, 1.54) is 17.0 Å². The second-order valence-electron chi connectivity index (χ2n) is 6.79. The zero-order valence-corrected chi connectivity index (χ0v) is 19.4. The highest BCUT2D eigenvalue weighted by molar-refractivity contribution is 8.16. The molecule has 2 amide bonds. The lowest BCUT2D eigenvalue weighted by atomic mass is 10.2. The van der Waals surface area contributed by atoms with Crippen molar-refractivity contribution in [1.29, 1.82) is 0 Å². The van der Waals surface area contributed by atoms with Crippen molar-refractivity contribution in [3.05, 3.63) is 59.1 Å². The first-order chi connectivity index (χ1) is 14.7. The Morgan fingerprint density at radius 3 is 2.35 bits per heavy atom. The van der Waals surface area contributed by atoms with Gasteiger partial charge in [-0.15, -0.1) is 4.40 Å². The van der Waals surface area contributed by atoms with Gasteiger partial charge in [-0.25, -0.2) is 0 Å². The topological polar surface area (TPSA) is 95.9 Å². The van der Waals surface area contributed by atoms with E-state index in [0.29, 0.717) is 10.7 Å². The minimum Gasteiger partial charge on any atom is -0.326 e. The van der Waals surface area contributed by atoms with Gasteiger partial charge in [0.25, 0.3) is 10.0 Å². The monoisotopic (exact) mass is 479 g/mol. The fraction of sp³-hybridized carbons (Fsp3) is 0.286. The number of hydrogen-bond donors (Lipinski definition) is 1. The minimum atomic E-state index is -3.98. The van der Waals surface area contributed by atoms with Crippen LogP contribution in [0.4, 0.5) is 5.69 Å². The van der Waals surface area contributed by atoms with Gasteiger partial charge in [0.15, 0.2) is 5.17 Å². The molecular weight excluding hydrogens is 458 g/mol. The van der Waals surface area contributed by atoms with Crippen molar-refractivity contribution in [3.63, 3.8) is 0 Å². The Labute approximate surface area is 190 Å². The van der Waals surface area contributed by atoms with Crippen molar-refractivity contribution in [2.75, 3.05) is 11.9 Å². The lowest BCUT2D eigenvalue weighted by molar-refractivity contribution is -0.128. The average Bonchev–Trinajstić information content (AvgIpc) is 3.02. The third-order valence-electron chi connectivity index (χ3n) is 4.66. The first kappa shape index (κ1) is 23.3. The molecule has 31 heavy (non-hydrogen) atoms. The van der Waals surface area contributed by atoms with E-state index in [1.54, 1.807) is 43.3 Å². The van der Waals surface area contributed by atoms with Crippen molar-refractivity contribution in [2.24, 2.45) is 4.40 Å². The van der Waals surface area contributed by atoms with Gasteiger partial charge < -0.3 is 5.32 Å². The van der Waals surface area contributed by atoms with E-state index in [0.717, 1.165) is 23.7 Å². The molecule has 7 nitrogen and oxygen atoms in total. The molecule has 1 atom stereocenters. The van der Waals surface area contributed by atoms with Crippen molar-refractivity contribution < 1.29 is 18.0 Å². The van der Waals surface area contributed by atoms with Crippen LogP contribution in [0, 0.1) is 0 Å². The molecule has 10 heteroatoms. The quantitative estimate of drug-likeness (QED) is 0.648. The van der Waals surface area contributed by atoms with Crippen LogP contribution in [-0.4, -0.2) is 42.1 Å². The number of sulfonamides is 1. The molecule has 1 aliphatic rings. The van der Waals surface area contributed by atoms with Crippen molar-refractivity contribution in [1.82, 2.24) is 4.90 Å². The number of amides is 2. The largest absolute Gasteiger partial charge is 0.326 e. The summed E-state index contributed by atoms with van der Waals surface area (Å²) in [5.41, 5.74) is 1.57. The molecule has 1 fully saturated rings. The SMILES string of the molecule is CCc1ccc(S(=O)(=O)N=C2SC(CC(=O)Nc3ccc(Cl)cc3)C(=O)N2CC)cc1. The Hall–Kier alpha value is -2.36. The molecule has 0 aliphatic carbocycles. The number of benzene rings is 2. The van der Waals surface area contributed by atoms with Gasteiger partial charge in [0.1, 0.15) is 5.25 Å². The maximum atomic E-state index is 12.7. The molecule has 0 saturated carbocycles. The fourth-order valence-corrected chi connectivity index (χ4v) is 5.51. The summed E-state index contributed by atoms with van der Waals surface area (Å²) >= 11 is 6.82. The van der Waals surface area contributed by atoms with E-state index < -0.39 is 15.3 Å². The van der Waals surface area contributed by atoms with Crippen LogP contribution in [0.1, 0.15) is 25.8 Å². The van der Waals surface area contributed by atoms with Crippen LogP contribution in [0.2, 0.25) is 5.02 Å². The second-order valence-corrected chi connectivity index (χ2v) is 10.0. The molecule has 2 aromatic carbocycles. The zero-order valence-electron chi connectivity index (χ0n) is 17.0. The molecule has 1 aliphatic heterocycles. The molecule has 0 bridgehead atoms. The van der Waals surface area contributed by atoms with E-state index in [4.69, 9.17) is 11.6 Å². The fourth-order valence-electron chi connectivity index (χ4n) is 2.97. The number of aryl methyl sites for hydroxylation is 1. The predicted molar refractivity (Wildman–Crippen MR) is 124 cm³/mol. The number of halogens is 1. The third kappa shape index (κ3) is 5.66. The second kappa shape index (κ2) is 9.84.